The van der Waals surface area contributed by atoms with Gasteiger partial charge in [-0.3, -0.25) is 0 Å². The summed E-state index contributed by atoms with van der Waals surface area (Å²) in [4.78, 5) is 22.0. The van der Waals surface area contributed by atoms with Crippen LogP contribution < -0.4 is 15.5 Å². The molecule has 0 bridgehead atoms. The zero-order chi connectivity index (χ0) is 21.6. The van der Waals surface area contributed by atoms with Crippen LogP contribution in [0.2, 0.25) is 0 Å². The Morgan fingerprint density at radius 1 is 1.00 bits per heavy atom. The van der Waals surface area contributed by atoms with E-state index in [9.17, 15) is 4.79 Å². The number of aromatic nitrogens is 3. The van der Waals surface area contributed by atoms with E-state index in [1.807, 2.05) is 66.6 Å². The van der Waals surface area contributed by atoms with Gasteiger partial charge < -0.3 is 20.4 Å². The van der Waals surface area contributed by atoms with Gasteiger partial charge in [0.05, 0.1) is 0 Å². The van der Waals surface area contributed by atoms with Crippen molar-refractivity contribution < 1.29 is 4.79 Å². The van der Waals surface area contributed by atoms with E-state index in [1.54, 1.807) is 18.0 Å². The first-order chi connectivity index (χ1) is 15.1. The lowest BCUT2D eigenvalue weighted by Crippen LogP contribution is -2.50. The zero-order valence-electron chi connectivity index (χ0n) is 17.6. The normalized spacial score (nSPS) is 13.7. The van der Waals surface area contributed by atoms with Gasteiger partial charge in [-0.25, -0.2) is 9.78 Å². The van der Waals surface area contributed by atoms with Crippen LogP contribution in [0.15, 0.2) is 59.6 Å². The second-order valence-electron chi connectivity index (χ2n) is 7.26. The molecule has 1 saturated heterocycles. The summed E-state index contributed by atoms with van der Waals surface area (Å²) in [5.41, 5.74) is 1.92. The minimum Gasteiger partial charge on any atom is -0.352 e. The average molecular weight is 436 g/mol. The summed E-state index contributed by atoms with van der Waals surface area (Å²) in [6, 6.07) is 15.5. The van der Waals surface area contributed by atoms with Crippen molar-refractivity contribution in [3.8, 4) is 0 Å². The Kier molecular flexibility index (Phi) is 6.51. The number of hydrogen-bond acceptors (Lipinski definition) is 7. The van der Waals surface area contributed by atoms with E-state index in [4.69, 9.17) is 0 Å². The number of urea groups is 1. The Bertz CT molecular complexity index is 1020. The number of rotatable bonds is 5. The molecule has 1 aliphatic heterocycles. The largest absolute Gasteiger partial charge is 0.352 e. The van der Waals surface area contributed by atoms with Crippen molar-refractivity contribution in [2.75, 3.05) is 48.0 Å². The lowest BCUT2D eigenvalue weighted by molar-refractivity contribution is 0.208. The summed E-state index contributed by atoms with van der Waals surface area (Å²) in [6.45, 7) is 4.67. The highest BCUT2D eigenvalue weighted by Gasteiger charge is 2.22. The number of pyridine rings is 1. The molecule has 0 radical (unpaired) electrons. The van der Waals surface area contributed by atoms with Gasteiger partial charge in [-0.1, -0.05) is 12.1 Å². The highest BCUT2D eigenvalue weighted by atomic mass is 32.2. The molecule has 0 unspecified atom stereocenters. The molecule has 31 heavy (non-hydrogen) atoms. The van der Waals surface area contributed by atoms with Gasteiger partial charge in [0.2, 0.25) is 0 Å². The molecular weight excluding hydrogens is 410 g/mol. The van der Waals surface area contributed by atoms with Crippen molar-refractivity contribution in [2.45, 2.75) is 11.8 Å². The second-order valence-corrected chi connectivity index (χ2v) is 8.14. The first kappa shape index (κ1) is 20.9. The molecule has 4 rings (SSSR count). The van der Waals surface area contributed by atoms with Crippen molar-refractivity contribution in [2.24, 2.45) is 0 Å². The number of carbonyl (C=O) groups excluding carboxylic acids is 1. The molecule has 1 aliphatic rings. The van der Waals surface area contributed by atoms with Crippen molar-refractivity contribution in [3.63, 3.8) is 0 Å². The van der Waals surface area contributed by atoms with Crippen LogP contribution in [0.4, 0.5) is 27.9 Å². The number of carbonyl (C=O) groups is 1. The highest BCUT2D eigenvalue weighted by molar-refractivity contribution is 7.98. The molecule has 160 valence electrons. The van der Waals surface area contributed by atoms with Gasteiger partial charge in [-0.15, -0.1) is 22.0 Å². The maximum absolute atomic E-state index is 12.6. The van der Waals surface area contributed by atoms with E-state index >= 15 is 0 Å². The number of amides is 2. The summed E-state index contributed by atoms with van der Waals surface area (Å²) >= 11 is 1.65. The van der Waals surface area contributed by atoms with Crippen LogP contribution in [0.25, 0.3) is 0 Å². The number of hydrogen-bond donors (Lipinski definition) is 2. The van der Waals surface area contributed by atoms with Gasteiger partial charge in [0.25, 0.3) is 0 Å². The average Bonchev–Trinajstić information content (AvgIpc) is 2.81. The van der Waals surface area contributed by atoms with Crippen LogP contribution in [-0.2, 0) is 0 Å². The molecule has 3 heterocycles. The fourth-order valence-corrected chi connectivity index (χ4v) is 3.73. The van der Waals surface area contributed by atoms with Crippen LogP contribution in [0, 0.1) is 6.92 Å². The van der Waals surface area contributed by atoms with Crippen molar-refractivity contribution in [3.05, 3.63) is 60.3 Å². The predicted molar refractivity (Wildman–Crippen MR) is 125 cm³/mol. The number of benzene rings is 1. The van der Waals surface area contributed by atoms with E-state index < -0.39 is 0 Å². The fourth-order valence-electron chi connectivity index (χ4n) is 3.28. The smallest absolute Gasteiger partial charge is 0.321 e. The van der Waals surface area contributed by atoms with Gasteiger partial charge >= 0.3 is 6.03 Å². The third kappa shape index (κ3) is 5.43. The van der Waals surface area contributed by atoms with E-state index in [2.05, 4.69) is 30.7 Å². The minimum atomic E-state index is -0.0749. The monoisotopic (exact) mass is 435 g/mol. The molecular formula is C22H25N7OS. The van der Waals surface area contributed by atoms with E-state index in [-0.39, 0.29) is 6.03 Å². The summed E-state index contributed by atoms with van der Waals surface area (Å²) in [6.07, 6.45) is 3.82. The summed E-state index contributed by atoms with van der Waals surface area (Å²) < 4.78 is 0. The van der Waals surface area contributed by atoms with Gasteiger partial charge in [0.15, 0.2) is 11.6 Å². The first-order valence-corrected chi connectivity index (χ1v) is 11.3. The highest BCUT2D eigenvalue weighted by Crippen LogP contribution is 2.20. The Hall–Kier alpha value is -3.33. The summed E-state index contributed by atoms with van der Waals surface area (Å²) in [5, 5.41) is 14.7. The van der Waals surface area contributed by atoms with Gasteiger partial charge in [0.1, 0.15) is 5.82 Å². The number of nitrogens with zero attached hydrogens (tertiary/aromatic N) is 5. The fraction of sp³-hybridized carbons (Fsp3) is 0.273. The number of aryl methyl sites for hydroxylation is 1. The molecule has 0 saturated carbocycles. The molecule has 0 spiro atoms. The molecule has 2 N–H and O–H groups in total. The maximum Gasteiger partial charge on any atom is 0.321 e. The molecule has 2 aromatic heterocycles. The molecule has 1 fully saturated rings. The molecule has 3 aromatic rings. The predicted octanol–water partition coefficient (Wildman–Crippen LogP) is 4.00. The SMILES string of the molecule is CSc1cccc(NC(=O)N2CCN(c3ccc(Nc4ccc(C)cn4)nn3)CC2)c1. The second kappa shape index (κ2) is 9.65. The first-order valence-electron chi connectivity index (χ1n) is 10.1. The summed E-state index contributed by atoms with van der Waals surface area (Å²) in [7, 11) is 0. The molecule has 9 heteroatoms. The number of anilines is 4. The third-order valence-corrected chi connectivity index (χ3v) is 5.76. The van der Waals surface area contributed by atoms with Crippen LogP contribution in [0.3, 0.4) is 0 Å². The Morgan fingerprint density at radius 2 is 1.81 bits per heavy atom. The minimum absolute atomic E-state index is 0.0749. The number of piperazine rings is 1. The summed E-state index contributed by atoms with van der Waals surface area (Å²) in [5.74, 6) is 2.18. The van der Waals surface area contributed by atoms with Gasteiger partial charge in [0, 0.05) is 43.0 Å². The molecule has 2 amide bonds. The van der Waals surface area contributed by atoms with Crippen molar-refractivity contribution in [1.82, 2.24) is 20.1 Å². The van der Waals surface area contributed by atoms with E-state index in [1.165, 1.54) is 0 Å². The standard InChI is InChI=1S/C22H25N7OS/c1-16-6-7-19(23-15-16)25-20-8-9-21(27-26-20)28-10-12-29(13-11-28)22(30)24-17-4-3-5-18(14-17)31-2/h3-9,14-15H,10-13H2,1-2H3,(H,24,30)(H,23,25,26). The van der Waals surface area contributed by atoms with Crippen molar-refractivity contribution in [1.29, 1.82) is 0 Å². The van der Waals surface area contributed by atoms with E-state index in [0.717, 1.165) is 27.8 Å². The van der Waals surface area contributed by atoms with Crippen LogP contribution in [0.5, 0.6) is 0 Å². The topological polar surface area (TPSA) is 86.3 Å². The number of nitrogens with one attached hydrogen (secondary N) is 2. The van der Waals surface area contributed by atoms with Crippen LogP contribution in [0.1, 0.15) is 5.56 Å². The Morgan fingerprint density at radius 3 is 2.48 bits per heavy atom. The molecule has 0 aliphatic carbocycles. The van der Waals surface area contributed by atoms with Gasteiger partial charge in [-0.05, 0) is 55.1 Å². The van der Waals surface area contributed by atoms with Crippen molar-refractivity contribution >= 4 is 40.9 Å². The Balaban J connectivity index is 1.29. The molecule has 0 atom stereocenters. The van der Waals surface area contributed by atoms with E-state index in [0.29, 0.717) is 32.0 Å². The zero-order valence-corrected chi connectivity index (χ0v) is 18.4. The lowest BCUT2D eigenvalue weighted by atomic mass is 10.3. The van der Waals surface area contributed by atoms with Crippen LogP contribution >= 0.6 is 11.8 Å². The van der Waals surface area contributed by atoms with Gasteiger partial charge in [-0.2, -0.15) is 0 Å². The Labute approximate surface area is 186 Å². The van der Waals surface area contributed by atoms with Crippen LogP contribution in [-0.4, -0.2) is 58.5 Å². The molecule has 8 nitrogen and oxygen atoms in total. The third-order valence-electron chi connectivity index (χ3n) is 5.03. The maximum atomic E-state index is 12.6. The number of thioether (sulfide) groups is 1. The quantitative estimate of drug-likeness (QED) is 0.586. The molecule has 1 aromatic carbocycles. The lowest BCUT2D eigenvalue weighted by Gasteiger charge is -2.35.